The number of nitrogens with zero attached hydrogens (tertiary/aromatic N) is 1. The van der Waals surface area contributed by atoms with E-state index in [1.165, 1.54) is 0 Å². The Hall–Kier alpha value is -1.14. The molecule has 1 fully saturated rings. The number of nitrogens with two attached hydrogens (primary N) is 2. The molecule has 2 amide bonds. The predicted octanol–water partition coefficient (Wildman–Crippen LogP) is -2.34. The van der Waals surface area contributed by atoms with Gasteiger partial charge in [-0.2, -0.15) is 0 Å². The highest BCUT2D eigenvalue weighted by atomic mass is 16.5. The zero-order chi connectivity index (χ0) is 9.84. The summed E-state index contributed by atoms with van der Waals surface area (Å²) in [6, 6.07) is -0.351. The van der Waals surface area contributed by atoms with Crippen LogP contribution in [0.2, 0.25) is 0 Å². The Bertz CT molecular complexity index is 219. The number of rotatable bonds is 5. The average molecular weight is 187 g/mol. The largest absolute Gasteiger partial charge is 0.370 e. The van der Waals surface area contributed by atoms with E-state index in [1.807, 2.05) is 0 Å². The van der Waals surface area contributed by atoms with Crippen LogP contribution in [-0.2, 0) is 14.3 Å². The van der Waals surface area contributed by atoms with Crippen molar-refractivity contribution in [3.8, 4) is 0 Å². The molecule has 1 aliphatic rings. The van der Waals surface area contributed by atoms with Crippen LogP contribution in [0.15, 0.2) is 0 Å². The smallest absolute Gasteiger partial charge is 0.243 e. The summed E-state index contributed by atoms with van der Waals surface area (Å²) in [4.78, 5) is 22.8. The molecule has 1 rings (SSSR count). The minimum absolute atomic E-state index is 0.0670. The summed E-state index contributed by atoms with van der Waals surface area (Å²) in [6.45, 7) is 1.26. The van der Waals surface area contributed by atoms with Crippen LogP contribution in [-0.4, -0.2) is 49.1 Å². The summed E-state index contributed by atoms with van der Waals surface area (Å²) >= 11 is 0. The van der Waals surface area contributed by atoms with E-state index < -0.39 is 5.91 Å². The third-order valence-corrected chi connectivity index (χ3v) is 1.80. The summed E-state index contributed by atoms with van der Waals surface area (Å²) in [7, 11) is 0. The Morgan fingerprint density at radius 2 is 2.38 bits per heavy atom. The van der Waals surface area contributed by atoms with E-state index in [0.717, 1.165) is 0 Å². The molecule has 1 saturated heterocycles. The highest BCUT2D eigenvalue weighted by Crippen LogP contribution is 2.06. The fourth-order valence-corrected chi connectivity index (χ4v) is 1.08. The molecule has 0 saturated carbocycles. The monoisotopic (exact) mass is 187 g/mol. The van der Waals surface area contributed by atoms with Gasteiger partial charge in [0, 0.05) is 13.1 Å². The maximum Gasteiger partial charge on any atom is 0.243 e. The van der Waals surface area contributed by atoms with E-state index in [2.05, 4.69) is 0 Å². The fourth-order valence-electron chi connectivity index (χ4n) is 1.08. The molecule has 1 unspecified atom stereocenters. The molecule has 0 spiro atoms. The van der Waals surface area contributed by atoms with Crippen molar-refractivity contribution in [2.24, 2.45) is 11.5 Å². The van der Waals surface area contributed by atoms with E-state index in [-0.39, 0.29) is 18.6 Å². The first-order valence-corrected chi connectivity index (χ1v) is 4.01. The zero-order valence-corrected chi connectivity index (χ0v) is 7.23. The Balaban J connectivity index is 2.01. The number of carbonyl (C=O) groups excluding carboxylic acids is 2. The molecular weight excluding hydrogens is 174 g/mol. The van der Waals surface area contributed by atoms with Gasteiger partial charge in [-0.3, -0.25) is 9.59 Å². The first kappa shape index (κ1) is 9.94. The lowest BCUT2D eigenvalue weighted by Crippen LogP contribution is -2.61. The van der Waals surface area contributed by atoms with E-state index in [9.17, 15) is 9.59 Å². The van der Waals surface area contributed by atoms with E-state index in [0.29, 0.717) is 19.7 Å². The second kappa shape index (κ2) is 4.20. The Morgan fingerprint density at radius 3 is 2.85 bits per heavy atom. The van der Waals surface area contributed by atoms with Crippen molar-refractivity contribution in [1.82, 2.24) is 4.90 Å². The number of hydrogen-bond acceptors (Lipinski definition) is 4. The molecule has 4 N–H and O–H groups in total. The molecule has 0 aromatic rings. The van der Waals surface area contributed by atoms with Crippen LogP contribution in [0.1, 0.15) is 0 Å². The minimum atomic E-state index is -0.508. The molecule has 0 aromatic heterocycles. The molecule has 6 heteroatoms. The standard InChI is InChI=1S/C7H13N3O3/c8-5-3-10(7(5)12)1-2-13-4-6(9)11/h5H,1-4,8H2,(H2,9,11). The van der Waals surface area contributed by atoms with E-state index in [1.54, 1.807) is 4.90 Å². The van der Waals surface area contributed by atoms with Gasteiger partial charge in [0.2, 0.25) is 11.8 Å². The molecule has 1 atom stereocenters. The van der Waals surface area contributed by atoms with Crippen LogP contribution >= 0.6 is 0 Å². The van der Waals surface area contributed by atoms with Crippen LogP contribution in [0.3, 0.4) is 0 Å². The molecule has 0 aromatic carbocycles. The number of β-lactam (4-membered cyclic amide) rings is 1. The van der Waals surface area contributed by atoms with E-state index >= 15 is 0 Å². The maximum absolute atomic E-state index is 10.9. The second-order valence-corrected chi connectivity index (χ2v) is 2.91. The molecule has 13 heavy (non-hydrogen) atoms. The van der Waals surface area contributed by atoms with Crippen molar-refractivity contribution in [3.63, 3.8) is 0 Å². The van der Waals surface area contributed by atoms with Gasteiger partial charge in [0.25, 0.3) is 0 Å². The van der Waals surface area contributed by atoms with Crippen molar-refractivity contribution in [2.75, 3.05) is 26.3 Å². The first-order chi connectivity index (χ1) is 6.11. The van der Waals surface area contributed by atoms with Gasteiger partial charge in [0.05, 0.1) is 6.61 Å². The highest BCUT2D eigenvalue weighted by Gasteiger charge is 2.32. The van der Waals surface area contributed by atoms with Crippen LogP contribution in [0.4, 0.5) is 0 Å². The van der Waals surface area contributed by atoms with Crippen LogP contribution in [0.5, 0.6) is 0 Å². The van der Waals surface area contributed by atoms with E-state index in [4.69, 9.17) is 16.2 Å². The molecule has 6 nitrogen and oxygen atoms in total. The number of likely N-dealkylation sites (tertiary alicyclic amines) is 1. The molecule has 74 valence electrons. The zero-order valence-electron chi connectivity index (χ0n) is 7.23. The molecular formula is C7H13N3O3. The van der Waals surface area contributed by atoms with Crippen LogP contribution in [0, 0.1) is 0 Å². The van der Waals surface area contributed by atoms with Gasteiger partial charge in [-0.1, -0.05) is 0 Å². The lowest BCUT2D eigenvalue weighted by Gasteiger charge is -2.35. The summed E-state index contributed by atoms with van der Waals surface area (Å²) in [6.07, 6.45) is 0. The quantitative estimate of drug-likeness (QED) is 0.372. The van der Waals surface area contributed by atoms with Gasteiger partial charge in [-0.05, 0) is 0 Å². The molecule has 0 radical (unpaired) electrons. The summed E-state index contributed by atoms with van der Waals surface area (Å²) < 4.78 is 4.88. The number of amides is 2. The van der Waals surface area contributed by atoms with Crippen molar-refractivity contribution in [1.29, 1.82) is 0 Å². The highest BCUT2D eigenvalue weighted by molar-refractivity contribution is 5.87. The summed E-state index contributed by atoms with van der Waals surface area (Å²) in [5.74, 6) is -0.575. The van der Waals surface area contributed by atoms with Crippen molar-refractivity contribution < 1.29 is 14.3 Å². The van der Waals surface area contributed by atoms with Crippen LogP contribution < -0.4 is 11.5 Å². The van der Waals surface area contributed by atoms with Gasteiger partial charge in [0.1, 0.15) is 12.6 Å². The van der Waals surface area contributed by atoms with Gasteiger partial charge in [-0.15, -0.1) is 0 Å². The Labute approximate surface area is 75.8 Å². The Morgan fingerprint density at radius 1 is 1.69 bits per heavy atom. The summed E-state index contributed by atoms with van der Waals surface area (Å²) in [5, 5.41) is 0. The first-order valence-electron chi connectivity index (χ1n) is 4.01. The lowest BCUT2D eigenvalue weighted by atomic mass is 10.1. The predicted molar refractivity (Wildman–Crippen MR) is 44.6 cm³/mol. The van der Waals surface area contributed by atoms with Gasteiger partial charge < -0.3 is 21.1 Å². The molecule has 1 aliphatic heterocycles. The van der Waals surface area contributed by atoms with Crippen LogP contribution in [0.25, 0.3) is 0 Å². The second-order valence-electron chi connectivity index (χ2n) is 2.91. The number of ether oxygens (including phenoxy) is 1. The molecule has 0 bridgehead atoms. The molecule has 0 aliphatic carbocycles. The third-order valence-electron chi connectivity index (χ3n) is 1.80. The van der Waals surface area contributed by atoms with Gasteiger partial charge in [-0.25, -0.2) is 0 Å². The number of hydrogen-bond donors (Lipinski definition) is 2. The van der Waals surface area contributed by atoms with Gasteiger partial charge in [0.15, 0.2) is 0 Å². The van der Waals surface area contributed by atoms with Crippen molar-refractivity contribution >= 4 is 11.8 Å². The molecule has 1 heterocycles. The fraction of sp³-hybridized carbons (Fsp3) is 0.714. The summed E-state index contributed by atoms with van der Waals surface area (Å²) in [5.41, 5.74) is 10.2. The topological polar surface area (TPSA) is 98.7 Å². The van der Waals surface area contributed by atoms with Crippen molar-refractivity contribution in [3.05, 3.63) is 0 Å². The lowest BCUT2D eigenvalue weighted by molar-refractivity contribution is -0.143. The van der Waals surface area contributed by atoms with Crippen molar-refractivity contribution in [2.45, 2.75) is 6.04 Å². The SMILES string of the molecule is NC(=O)COCCN1CC(N)C1=O. The average Bonchev–Trinajstić information content (AvgIpc) is 2.09. The third kappa shape index (κ3) is 2.67. The number of carbonyl (C=O) groups is 2. The maximum atomic E-state index is 10.9. The number of primary amides is 1. The normalized spacial score (nSPS) is 21.5. The Kier molecular flexibility index (Phi) is 3.21. The minimum Gasteiger partial charge on any atom is -0.370 e. The van der Waals surface area contributed by atoms with Gasteiger partial charge >= 0.3 is 0 Å².